The molecule has 1 amide bonds. The molecule has 1 aromatic heterocycles. The van der Waals surface area contributed by atoms with Gasteiger partial charge in [-0.3, -0.25) is 4.79 Å². The number of carbonyl (C=O) groups is 1. The van der Waals surface area contributed by atoms with Crippen molar-refractivity contribution >= 4 is 39.1 Å². The van der Waals surface area contributed by atoms with Gasteiger partial charge in [-0.05, 0) is 42.8 Å². The quantitative estimate of drug-likeness (QED) is 0.643. The number of ether oxygens (including phenoxy) is 2. The zero-order valence-electron chi connectivity index (χ0n) is 14.6. The topological polar surface area (TPSA) is 52.8 Å². The van der Waals surface area contributed by atoms with Crippen molar-refractivity contribution in [2.75, 3.05) is 20.3 Å². The van der Waals surface area contributed by atoms with E-state index in [1.165, 1.54) is 11.3 Å². The predicted molar refractivity (Wildman–Crippen MR) is 104 cm³/mol. The summed E-state index contributed by atoms with van der Waals surface area (Å²) in [6.07, 6.45) is 0. The number of aromatic nitrogens is 1. The molecule has 0 aliphatic rings. The second kappa shape index (κ2) is 8.49. The lowest BCUT2D eigenvalue weighted by Gasteiger charge is -2.05. The molecule has 1 heterocycles. The molecule has 0 aliphatic carbocycles. The van der Waals surface area contributed by atoms with E-state index in [0.29, 0.717) is 28.7 Å². The second-order valence-electron chi connectivity index (χ2n) is 5.75. The minimum absolute atomic E-state index is 0.108. The molecule has 0 saturated heterocycles. The largest absolute Gasteiger partial charge is 0.484 e. The van der Waals surface area contributed by atoms with E-state index in [1.54, 1.807) is 7.11 Å². The van der Waals surface area contributed by atoms with Gasteiger partial charge < -0.3 is 14.0 Å². The number of benzene rings is 2. The highest BCUT2D eigenvalue weighted by Gasteiger charge is 2.09. The third-order valence-corrected chi connectivity index (χ3v) is 5.01. The molecule has 3 rings (SSSR count). The van der Waals surface area contributed by atoms with Crippen LogP contribution in [0.1, 0.15) is 5.56 Å². The molecule has 2 aromatic carbocycles. The summed E-state index contributed by atoms with van der Waals surface area (Å²) in [5.41, 5.74) is 2.05. The first-order valence-electron chi connectivity index (χ1n) is 8.11. The molecule has 0 N–H and O–H groups in total. The summed E-state index contributed by atoms with van der Waals surface area (Å²) in [4.78, 5) is 17.1. The normalized spacial score (nSPS) is 11.9. The molecule has 0 bridgehead atoms. The van der Waals surface area contributed by atoms with E-state index in [0.717, 1.165) is 15.8 Å². The van der Waals surface area contributed by atoms with Crippen LogP contribution in [0, 0.1) is 6.92 Å². The number of thiazole rings is 1. The van der Waals surface area contributed by atoms with E-state index in [1.807, 2.05) is 54.0 Å². The molecule has 0 atom stereocenters. The fourth-order valence-corrected chi connectivity index (χ4v) is 3.87. The molecule has 5 nitrogen and oxygen atoms in total. The third-order valence-electron chi connectivity index (χ3n) is 3.74. The Kier molecular flexibility index (Phi) is 6.08. The van der Waals surface area contributed by atoms with E-state index in [9.17, 15) is 4.79 Å². The average molecular weight is 391 g/mol. The van der Waals surface area contributed by atoms with Crippen LogP contribution in [-0.2, 0) is 16.1 Å². The first-order chi connectivity index (χ1) is 12.6. The van der Waals surface area contributed by atoms with Crippen LogP contribution < -0.4 is 9.54 Å². The van der Waals surface area contributed by atoms with Crippen molar-refractivity contribution in [1.82, 2.24) is 4.57 Å². The number of methoxy groups -OCH3 is 1. The SMILES string of the molecule is COCCn1c(=NC(=O)COc2cccc(C)c2)sc2cc(Cl)ccc21. The van der Waals surface area contributed by atoms with Crippen LogP contribution in [0.4, 0.5) is 0 Å². The van der Waals surface area contributed by atoms with Crippen LogP contribution in [0.25, 0.3) is 10.2 Å². The number of amides is 1. The smallest absolute Gasteiger partial charge is 0.286 e. The maximum atomic E-state index is 12.3. The number of halogens is 1. The zero-order valence-corrected chi connectivity index (χ0v) is 16.1. The van der Waals surface area contributed by atoms with E-state index < -0.39 is 0 Å². The standard InChI is InChI=1S/C19H19ClN2O3S/c1-13-4-3-5-15(10-13)25-12-18(23)21-19-22(8-9-24-2)16-7-6-14(20)11-17(16)26-19/h3-7,10-11H,8-9,12H2,1-2H3. The number of hydrogen-bond donors (Lipinski definition) is 0. The van der Waals surface area contributed by atoms with Gasteiger partial charge in [0.25, 0.3) is 5.91 Å². The van der Waals surface area contributed by atoms with Crippen molar-refractivity contribution < 1.29 is 14.3 Å². The number of hydrogen-bond acceptors (Lipinski definition) is 4. The second-order valence-corrected chi connectivity index (χ2v) is 7.20. The summed E-state index contributed by atoms with van der Waals surface area (Å²) in [5.74, 6) is 0.319. The van der Waals surface area contributed by atoms with Gasteiger partial charge in [-0.2, -0.15) is 4.99 Å². The van der Waals surface area contributed by atoms with Crippen molar-refractivity contribution in [3.63, 3.8) is 0 Å². The molecule has 0 unspecified atom stereocenters. The van der Waals surface area contributed by atoms with Gasteiger partial charge in [-0.1, -0.05) is 35.1 Å². The summed E-state index contributed by atoms with van der Waals surface area (Å²) in [6, 6.07) is 13.2. The van der Waals surface area contributed by atoms with Gasteiger partial charge in [0.05, 0.1) is 16.8 Å². The molecule has 0 spiro atoms. The Morgan fingerprint density at radius 2 is 2.12 bits per heavy atom. The Bertz CT molecular complexity index is 994. The lowest BCUT2D eigenvalue weighted by molar-refractivity contribution is -0.120. The maximum Gasteiger partial charge on any atom is 0.286 e. The van der Waals surface area contributed by atoms with Crippen molar-refractivity contribution in [3.05, 3.63) is 57.9 Å². The van der Waals surface area contributed by atoms with Crippen LogP contribution in [0.3, 0.4) is 0 Å². The summed E-state index contributed by atoms with van der Waals surface area (Å²) in [7, 11) is 1.64. The molecule has 3 aromatic rings. The Balaban J connectivity index is 1.86. The van der Waals surface area contributed by atoms with Crippen LogP contribution >= 0.6 is 22.9 Å². The maximum absolute atomic E-state index is 12.3. The lowest BCUT2D eigenvalue weighted by Crippen LogP contribution is -2.21. The molecular weight excluding hydrogens is 372 g/mol. The fourth-order valence-electron chi connectivity index (χ4n) is 2.52. The zero-order chi connectivity index (χ0) is 18.5. The van der Waals surface area contributed by atoms with Gasteiger partial charge >= 0.3 is 0 Å². The van der Waals surface area contributed by atoms with Crippen LogP contribution in [0.5, 0.6) is 5.75 Å². The van der Waals surface area contributed by atoms with Gasteiger partial charge in [0.2, 0.25) is 0 Å². The summed E-state index contributed by atoms with van der Waals surface area (Å²) < 4.78 is 13.6. The van der Waals surface area contributed by atoms with Gasteiger partial charge in [0, 0.05) is 18.7 Å². The van der Waals surface area contributed by atoms with Crippen LogP contribution in [-0.4, -0.2) is 30.8 Å². The molecule has 0 fully saturated rings. The number of fused-ring (bicyclic) bond motifs is 1. The Morgan fingerprint density at radius 3 is 2.88 bits per heavy atom. The van der Waals surface area contributed by atoms with Crippen molar-refractivity contribution in [2.45, 2.75) is 13.5 Å². The van der Waals surface area contributed by atoms with E-state index >= 15 is 0 Å². The summed E-state index contributed by atoms with van der Waals surface area (Å²) in [5, 5.41) is 0.651. The van der Waals surface area contributed by atoms with Crippen LogP contribution in [0.15, 0.2) is 47.5 Å². The van der Waals surface area contributed by atoms with Crippen molar-refractivity contribution in [1.29, 1.82) is 0 Å². The fraction of sp³-hybridized carbons (Fsp3) is 0.263. The molecule has 26 heavy (non-hydrogen) atoms. The lowest BCUT2D eigenvalue weighted by atomic mass is 10.2. The number of nitrogens with zero attached hydrogens (tertiary/aromatic N) is 2. The third kappa shape index (κ3) is 4.52. The van der Waals surface area contributed by atoms with Gasteiger partial charge in [0.15, 0.2) is 11.4 Å². The first-order valence-corrected chi connectivity index (χ1v) is 9.31. The van der Waals surface area contributed by atoms with E-state index in [2.05, 4.69) is 4.99 Å². The molecule has 7 heteroatoms. The highest BCUT2D eigenvalue weighted by Crippen LogP contribution is 2.22. The predicted octanol–water partition coefficient (Wildman–Crippen LogP) is 3.82. The first kappa shape index (κ1) is 18.6. The molecule has 0 radical (unpaired) electrons. The number of aryl methyl sites for hydroxylation is 1. The Hall–Kier alpha value is -2.15. The van der Waals surface area contributed by atoms with Crippen molar-refractivity contribution in [2.24, 2.45) is 4.99 Å². The summed E-state index contributed by atoms with van der Waals surface area (Å²) in [6.45, 7) is 2.99. The Labute approximate surface area is 160 Å². The average Bonchev–Trinajstić information content (AvgIpc) is 2.94. The molecule has 0 saturated carbocycles. The molecular formula is C19H19ClN2O3S. The summed E-state index contributed by atoms with van der Waals surface area (Å²) >= 11 is 7.50. The van der Waals surface area contributed by atoms with E-state index in [4.69, 9.17) is 21.1 Å². The Morgan fingerprint density at radius 1 is 1.27 bits per heavy atom. The minimum atomic E-state index is -0.338. The van der Waals surface area contributed by atoms with Gasteiger partial charge in [0.1, 0.15) is 5.75 Å². The highest BCUT2D eigenvalue weighted by atomic mass is 35.5. The monoisotopic (exact) mass is 390 g/mol. The van der Waals surface area contributed by atoms with Crippen molar-refractivity contribution in [3.8, 4) is 5.75 Å². The number of rotatable bonds is 6. The van der Waals surface area contributed by atoms with Crippen LogP contribution in [0.2, 0.25) is 5.02 Å². The minimum Gasteiger partial charge on any atom is -0.484 e. The molecule has 136 valence electrons. The number of carbonyl (C=O) groups excluding carboxylic acids is 1. The van der Waals surface area contributed by atoms with Gasteiger partial charge in [-0.15, -0.1) is 0 Å². The van der Waals surface area contributed by atoms with E-state index in [-0.39, 0.29) is 12.5 Å². The highest BCUT2D eigenvalue weighted by molar-refractivity contribution is 7.16. The molecule has 0 aliphatic heterocycles. The van der Waals surface area contributed by atoms with Gasteiger partial charge in [-0.25, -0.2) is 0 Å².